The standard InChI is InChI=1S/C28H33N5O4/c1-19-21(26(34)36-5)8-6-9-22(19)30-24-18-20(12-13-29-24)23-10-7-11-25(31-23)32-14-16-33(17-15-32)27(35)37-28(2,3)4/h6-13,18H,14-17H2,1-5H3,(H,29,30). The number of nitrogens with zero attached hydrogens (tertiary/aromatic N) is 4. The number of aromatic nitrogens is 2. The highest BCUT2D eigenvalue weighted by Gasteiger charge is 2.26. The molecule has 0 radical (unpaired) electrons. The lowest BCUT2D eigenvalue weighted by molar-refractivity contribution is 0.0240. The van der Waals surface area contributed by atoms with Gasteiger partial charge in [0.1, 0.15) is 17.2 Å². The molecular weight excluding hydrogens is 470 g/mol. The van der Waals surface area contributed by atoms with Gasteiger partial charge in [0, 0.05) is 43.6 Å². The third-order valence-corrected chi connectivity index (χ3v) is 6.05. The number of carbonyl (C=O) groups is 2. The van der Waals surface area contributed by atoms with E-state index in [9.17, 15) is 9.59 Å². The van der Waals surface area contributed by atoms with Crippen molar-refractivity contribution in [3.63, 3.8) is 0 Å². The number of hydrogen-bond acceptors (Lipinski definition) is 8. The largest absolute Gasteiger partial charge is 0.465 e. The molecule has 4 rings (SSSR count). The Hall–Kier alpha value is -4.14. The van der Waals surface area contributed by atoms with Crippen molar-refractivity contribution in [1.29, 1.82) is 0 Å². The van der Waals surface area contributed by atoms with E-state index < -0.39 is 5.60 Å². The van der Waals surface area contributed by atoms with E-state index in [1.807, 2.05) is 64.1 Å². The molecule has 9 heteroatoms. The summed E-state index contributed by atoms with van der Waals surface area (Å²) < 4.78 is 10.4. The topological polar surface area (TPSA) is 96.9 Å². The molecule has 0 atom stereocenters. The third kappa shape index (κ3) is 6.35. The maximum Gasteiger partial charge on any atom is 0.410 e. The Labute approximate surface area is 217 Å². The summed E-state index contributed by atoms with van der Waals surface area (Å²) in [5.74, 6) is 1.12. The third-order valence-electron chi connectivity index (χ3n) is 6.05. The van der Waals surface area contributed by atoms with Crippen molar-refractivity contribution >= 4 is 29.4 Å². The molecule has 1 amide bonds. The van der Waals surface area contributed by atoms with Gasteiger partial charge >= 0.3 is 12.1 Å². The second-order valence-corrected chi connectivity index (χ2v) is 9.86. The van der Waals surface area contributed by atoms with Crippen molar-refractivity contribution in [2.75, 3.05) is 43.5 Å². The van der Waals surface area contributed by atoms with Crippen molar-refractivity contribution in [2.24, 2.45) is 0 Å². The predicted molar refractivity (Wildman–Crippen MR) is 143 cm³/mol. The van der Waals surface area contributed by atoms with Gasteiger partial charge in [-0.15, -0.1) is 0 Å². The van der Waals surface area contributed by atoms with Crippen LogP contribution in [0.15, 0.2) is 54.7 Å². The number of nitrogens with one attached hydrogen (secondary N) is 1. The van der Waals surface area contributed by atoms with Crippen molar-refractivity contribution in [1.82, 2.24) is 14.9 Å². The number of rotatable bonds is 5. The van der Waals surface area contributed by atoms with Gasteiger partial charge in [0.15, 0.2) is 0 Å². The smallest absolute Gasteiger partial charge is 0.410 e. The van der Waals surface area contributed by atoms with E-state index in [0.29, 0.717) is 37.6 Å². The molecule has 1 fully saturated rings. The Bertz CT molecular complexity index is 1280. The first kappa shape index (κ1) is 25.9. The predicted octanol–water partition coefficient (Wildman–Crippen LogP) is 5.04. The molecular formula is C28H33N5O4. The molecule has 1 saturated heterocycles. The van der Waals surface area contributed by atoms with Crippen LogP contribution < -0.4 is 10.2 Å². The summed E-state index contributed by atoms with van der Waals surface area (Å²) in [5.41, 5.74) is 3.28. The molecule has 9 nitrogen and oxygen atoms in total. The summed E-state index contributed by atoms with van der Waals surface area (Å²) >= 11 is 0. The fraction of sp³-hybridized carbons (Fsp3) is 0.357. The van der Waals surface area contributed by atoms with Crippen LogP contribution in [0.3, 0.4) is 0 Å². The average Bonchev–Trinajstić information content (AvgIpc) is 2.89. The number of esters is 1. The number of pyridine rings is 2. The van der Waals surface area contributed by atoms with E-state index in [2.05, 4.69) is 15.2 Å². The zero-order valence-electron chi connectivity index (χ0n) is 21.9. The van der Waals surface area contributed by atoms with E-state index in [-0.39, 0.29) is 12.1 Å². The highest BCUT2D eigenvalue weighted by Crippen LogP contribution is 2.27. The zero-order valence-corrected chi connectivity index (χ0v) is 21.9. The fourth-order valence-corrected chi connectivity index (χ4v) is 4.10. The van der Waals surface area contributed by atoms with Gasteiger partial charge in [0.05, 0.1) is 18.4 Å². The van der Waals surface area contributed by atoms with Gasteiger partial charge in [-0.25, -0.2) is 19.6 Å². The summed E-state index contributed by atoms with van der Waals surface area (Å²) in [6, 6.07) is 15.2. The first-order valence-corrected chi connectivity index (χ1v) is 12.3. The molecule has 194 valence electrons. The van der Waals surface area contributed by atoms with Crippen molar-refractivity contribution in [3.8, 4) is 11.3 Å². The normalized spacial score (nSPS) is 13.8. The molecule has 1 N–H and O–H groups in total. The Morgan fingerprint density at radius 3 is 2.43 bits per heavy atom. The number of carbonyl (C=O) groups excluding carboxylic acids is 2. The second kappa shape index (κ2) is 10.9. The number of methoxy groups -OCH3 is 1. The van der Waals surface area contributed by atoms with Crippen LogP contribution in [-0.2, 0) is 9.47 Å². The molecule has 0 saturated carbocycles. The second-order valence-electron chi connectivity index (χ2n) is 9.86. The molecule has 0 aliphatic carbocycles. The lowest BCUT2D eigenvalue weighted by Crippen LogP contribution is -2.50. The number of benzene rings is 1. The average molecular weight is 504 g/mol. The number of ether oxygens (including phenoxy) is 2. The molecule has 37 heavy (non-hydrogen) atoms. The van der Waals surface area contributed by atoms with E-state index in [0.717, 1.165) is 28.3 Å². The zero-order chi connectivity index (χ0) is 26.6. The van der Waals surface area contributed by atoms with E-state index in [4.69, 9.17) is 14.5 Å². The van der Waals surface area contributed by atoms with Crippen LogP contribution in [0.1, 0.15) is 36.7 Å². The lowest BCUT2D eigenvalue weighted by Gasteiger charge is -2.36. The van der Waals surface area contributed by atoms with Crippen LogP contribution in [0, 0.1) is 6.92 Å². The maximum atomic E-state index is 12.4. The number of anilines is 3. The monoisotopic (exact) mass is 503 g/mol. The van der Waals surface area contributed by atoms with Crippen LogP contribution in [0.25, 0.3) is 11.3 Å². The quantitative estimate of drug-likeness (QED) is 0.484. The number of hydrogen-bond donors (Lipinski definition) is 1. The van der Waals surface area contributed by atoms with Gasteiger partial charge in [0.25, 0.3) is 0 Å². The molecule has 3 heterocycles. The first-order valence-electron chi connectivity index (χ1n) is 12.3. The SMILES string of the molecule is COC(=O)c1cccc(Nc2cc(-c3cccc(N4CCN(C(=O)OC(C)(C)C)CC4)n3)ccn2)c1C. The van der Waals surface area contributed by atoms with Crippen LogP contribution in [0.5, 0.6) is 0 Å². The first-order chi connectivity index (χ1) is 17.6. The van der Waals surface area contributed by atoms with Crippen molar-refractivity contribution in [2.45, 2.75) is 33.3 Å². The van der Waals surface area contributed by atoms with Crippen molar-refractivity contribution in [3.05, 3.63) is 65.9 Å². The highest BCUT2D eigenvalue weighted by molar-refractivity contribution is 5.93. The Morgan fingerprint density at radius 2 is 1.73 bits per heavy atom. The van der Waals surface area contributed by atoms with Gasteiger partial charge in [0.2, 0.25) is 0 Å². The Morgan fingerprint density at radius 1 is 1.00 bits per heavy atom. The van der Waals surface area contributed by atoms with E-state index in [1.165, 1.54) is 7.11 Å². The van der Waals surface area contributed by atoms with E-state index >= 15 is 0 Å². The molecule has 2 aromatic heterocycles. The summed E-state index contributed by atoms with van der Waals surface area (Å²) in [7, 11) is 1.37. The lowest BCUT2D eigenvalue weighted by atomic mass is 10.1. The number of amides is 1. The minimum Gasteiger partial charge on any atom is -0.465 e. The minimum absolute atomic E-state index is 0.280. The Kier molecular flexibility index (Phi) is 7.61. The summed E-state index contributed by atoms with van der Waals surface area (Å²) in [6.07, 6.45) is 1.45. The minimum atomic E-state index is -0.509. The van der Waals surface area contributed by atoms with Crippen LogP contribution >= 0.6 is 0 Å². The summed E-state index contributed by atoms with van der Waals surface area (Å²) in [6.45, 7) is 9.99. The maximum absolute atomic E-state index is 12.4. The summed E-state index contributed by atoms with van der Waals surface area (Å²) in [4.78, 5) is 37.7. The molecule has 1 aromatic carbocycles. The van der Waals surface area contributed by atoms with Crippen molar-refractivity contribution < 1.29 is 19.1 Å². The van der Waals surface area contributed by atoms with E-state index in [1.54, 1.807) is 23.2 Å². The molecule has 0 unspecified atom stereocenters. The van der Waals surface area contributed by atoms with Gasteiger partial charge in [-0.2, -0.15) is 0 Å². The molecule has 0 spiro atoms. The number of piperazine rings is 1. The molecule has 1 aliphatic rings. The highest BCUT2D eigenvalue weighted by atomic mass is 16.6. The van der Waals surface area contributed by atoms with Gasteiger partial charge in [-0.1, -0.05) is 12.1 Å². The molecule has 1 aliphatic heterocycles. The Balaban J connectivity index is 1.47. The fourth-order valence-electron chi connectivity index (χ4n) is 4.10. The van der Waals surface area contributed by atoms with Crippen LogP contribution in [0.4, 0.5) is 22.1 Å². The van der Waals surface area contributed by atoms with Crippen LogP contribution in [-0.4, -0.2) is 65.8 Å². The van der Waals surface area contributed by atoms with Gasteiger partial charge in [-0.3, -0.25) is 0 Å². The van der Waals surface area contributed by atoms with Gasteiger partial charge < -0.3 is 24.6 Å². The molecule has 0 bridgehead atoms. The molecule has 3 aromatic rings. The van der Waals surface area contributed by atoms with Gasteiger partial charge in [-0.05, 0) is 69.7 Å². The van der Waals surface area contributed by atoms with Crippen LogP contribution in [0.2, 0.25) is 0 Å². The summed E-state index contributed by atoms with van der Waals surface area (Å²) in [5, 5.41) is 3.30.